The predicted octanol–water partition coefficient (Wildman–Crippen LogP) is 1.59. The summed E-state index contributed by atoms with van der Waals surface area (Å²) < 4.78 is 40.7. The topological polar surface area (TPSA) is 98.8 Å². The van der Waals surface area contributed by atoms with Gasteiger partial charge in [0, 0.05) is 43.5 Å². The molecule has 1 saturated heterocycles. The molecule has 0 atom stereocenters. The molecule has 0 radical (unpaired) electrons. The van der Waals surface area contributed by atoms with Crippen LogP contribution in [0.5, 0.6) is 0 Å². The van der Waals surface area contributed by atoms with E-state index in [1.165, 1.54) is 40.7 Å². The number of nitrogens with zero attached hydrogens (tertiary/aromatic N) is 2. The van der Waals surface area contributed by atoms with Crippen molar-refractivity contribution in [2.75, 3.05) is 37.6 Å². The molecule has 0 aromatic heterocycles. The minimum absolute atomic E-state index is 0.0204. The molecule has 2 N–H and O–H groups in total. The number of carbonyl (C=O) groups excluding carboxylic acids is 2. The van der Waals surface area contributed by atoms with Gasteiger partial charge < -0.3 is 15.5 Å². The molecule has 2 aromatic carbocycles. The molecule has 0 bridgehead atoms. The van der Waals surface area contributed by atoms with Crippen molar-refractivity contribution in [3.8, 4) is 0 Å². The summed E-state index contributed by atoms with van der Waals surface area (Å²) in [6.45, 7) is 4.91. The number of hydrogen-bond acceptors (Lipinski definition) is 5. The van der Waals surface area contributed by atoms with E-state index in [-0.39, 0.29) is 47.9 Å². The van der Waals surface area contributed by atoms with Crippen molar-refractivity contribution in [1.29, 1.82) is 0 Å². The number of carbonyl (C=O) groups is 2. The number of piperazine rings is 1. The molecule has 1 aliphatic heterocycles. The van der Waals surface area contributed by atoms with Gasteiger partial charge in [0.1, 0.15) is 5.82 Å². The zero-order valence-corrected chi connectivity index (χ0v) is 18.9. The minimum Gasteiger partial charge on any atom is -0.369 e. The van der Waals surface area contributed by atoms with Gasteiger partial charge in [-0.2, -0.15) is 4.31 Å². The maximum atomic E-state index is 13.1. The Morgan fingerprint density at radius 1 is 1.03 bits per heavy atom. The van der Waals surface area contributed by atoms with Crippen LogP contribution in [0.4, 0.5) is 10.1 Å². The van der Waals surface area contributed by atoms with E-state index < -0.39 is 15.9 Å². The Balaban J connectivity index is 1.64. The summed E-state index contributed by atoms with van der Waals surface area (Å²) in [7, 11) is -3.79. The molecule has 8 nitrogen and oxygen atoms in total. The van der Waals surface area contributed by atoms with Crippen molar-refractivity contribution in [2.45, 2.75) is 24.8 Å². The van der Waals surface area contributed by atoms with Gasteiger partial charge in [0.15, 0.2) is 0 Å². The number of sulfonamides is 1. The van der Waals surface area contributed by atoms with Gasteiger partial charge in [-0.15, -0.1) is 0 Å². The highest BCUT2D eigenvalue weighted by atomic mass is 32.2. The van der Waals surface area contributed by atoms with Crippen LogP contribution in [0, 0.1) is 5.82 Å². The summed E-state index contributed by atoms with van der Waals surface area (Å²) in [5, 5.41) is 5.16. The van der Waals surface area contributed by atoms with Crippen molar-refractivity contribution in [3.63, 3.8) is 0 Å². The van der Waals surface area contributed by atoms with E-state index in [9.17, 15) is 22.4 Å². The standard InChI is InChI=1S/C22H27FN4O4S/c1-16(2)25-21(28)15-24-22(29)17-4-3-5-20(14-17)32(30,31)27-12-10-26(11-13-27)19-8-6-18(23)7-9-19/h3-9,14,16H,10-13,15H2,1-2H3,(H,24,29)(H,25,28). The van der Waals surface area contributed by atoms with Crippen molar-refractivity contribution in [3.05, 3.63) is 59.9 Å². The van der Waals surface area contributed by atoms with E-state index in [2.05, 4.69) is 10.6 Å². The first-order valence-electron chi connectivity index (χ1n) is 10.3. The number of amides is 2. The molecular formula is C22H27FN4O4S. The Hall–Kier alpha value is -2.98. The van der Waals surface area contributed by atoms with Gasteiger partial charge in [0.05, 0.1) is 11.4 Å². The lowest BCUT2D eigenvalue weighted by Crippen LogP contribution is -2.48. The first-order valence-corrected chi connectivity index (χ1v) is 11.8. The van der Waals surface area contributed by atoms with Crippen molar-refractivity contribution >= 4 is 27.5 Å². The number of rotatable bonds is 7. The van der Waals surface area contributed by atoms with Crippen molar-refractivity contribution in [2.24, 2.45) is 0 Å². The Morgan fingerprint density at radius 3 is 2.31 bits per heavy atom. The molecule has 172 valence electrons. The first kappa shape index (κ1) is 23.7. The average Bonchev–Trinajstić information content (AvgIpc) is 2.77. The minimum atomic E-state index is -3.79. The number of nitrogens with one attached hydrogen (secondary N) is 2. The summed E-state index contributed by atoms with van der Waals surface area (Å²) in [5.74, 6) is -1.17. The second-order valence-electron chi connectivity index (χ2n) is 7.80. The van der Waals surface area contributed by atoms with E-state index >= 15 is 0 Å². The highest BCUT2D eigenvalue weighted by Gasteiger charge is 2.29. The molecule has 1 aliphatic rings. The fourth-order valence-electron chi connectivity index (χ4n) is 3.42. The summed E-state index contributed by atoms with van der Waals surface area (Å²) in [4.78, 5) is 26.1. The molecule has 0 unspecified atom stereocenters. The van der Waals surface area contributed by atoms with Crippen molar-refractivity contribution < 1.29 is 22.4 Å². The van der Waals surface area contributed by atoms with Crippen LogP contribution in [-0.2, 0) is 14.8 Å². The Labute approximate surface area is 187 Å². The van der Waals surface area contributed by atoms with Crippen molar-refractivity contribution in [1.82, 2.24) is 14.9 Å². The van der Waals surface area contributed by atoms with Gasteiger partial charge in [-0.1, -0.05) is 6.07 Å². The second kappa shape index (κ2) is 10.1. The zero-order valence-electron chi connectivity index (χ0n) is 18.0. The first-order chi connectivity index (χ1) is 15.2. The third-order valence-electron chi connectivity index (χ3n) is 5.02. The van der Waals surface area contributed by atoms with E-state index in [1.807, 2.05) is 18.7 Å². The SMILES string of the molecule is CC(C)NC(=O)CNC(=O)c1cccc(S(=O)(=O)N2CCN(c3ccc(F)cc3)CC2)c1. The molecule has 3 rings (SSSR count). The second-order valence-corrected chi connectivity index (χ2v) is 9.74. The van der Waals surface area contributed by atoms with Gasteiger partial charge in [-0.05, 0) is 56.3 Å². The quantitative estimate of drug-likeness (QED) is 0.651. The zero-order chi connectivity index (χ0) is 23.3. The van der Waals surface area contributed by atoms with E-state index in [4.69, 9.17) is 0 Å². The monoisotopic (exact) mass is 462 g/mol. The third kappa shape index (κ3) is 5.83. The molecular weight excluding hydrogens is 435 g/mol. The van der Waals surface area contributed by atoms with Gasteiger partial charge in [0.2, 0.25) is 15.9 Å². The van der Waals surface area contributed by atoms with Crippen LogP contribution in [0.2, 0.25) is 0 Å². The van der Waals surface area contributed by atoms with Crippen LogP contribution in [-0.4, -0.2) is 63.3 Å². The Kier molecular flexibility index (Phi) is 7.47. The van der Waals surface area contributed by atoms with Crippen LogP contribution < -0.4 is 15.5 Å². The Bertz CT molecular complexity index is 1070. The van der Waals surface area contributed by atoms with E-state index in [1.54, 1.807) is 12.1 Å². The van der Waals surface area contributed by atoms with Crippen LogP contribution in [0.15, 0.2) is 53.4 Å². The van der Waals surface area contributed by atoms with Crippen LogP contribution in [0.1, 0.15) is 24.2 Å². The number of halogens is 1. The highest BCUT2D eigenvalue weighted by molar-refractivity contribution is 7.89. The predicted molar refractivity (Wildman–Crippen MR) is 119 cm³/mol. The Morgan fingerprint density at radius 2 is 1.69 bits per heavy atom. The van der Waals surface area contributed by atoms with Gasteiger partial charge in [0.25, 0.3) is 5.91 Å². The molecule has 0 spiro atoms. The van der Waals surface area contributed by atoms with Crippen LogP contribution >= 0.6 is 0 Å². The molecule has 0 saturated carbocycles. The summed E-state index contributed by atoms with van der Waals surface area (Å²) in [6, 6.07) is 11.8. The highest BCUT2D eigenvalue weighted by Crippen LogP contribution is 2.22. The molecule has 2 aromatic rings. The number of hydrogen-bond donors (Lipinski definition) is 2. The van der Waals surface area contributed by atoms with Gasteiger partial charge in [-0.25, -0.2) is 12.8 Å². The molecule has 0 aliphatic carbocycles. The summed E-state index contributed by atoms with van der Waals surface area (Å²) in [5.41, 5.74) is 0.997. The van der Waals surface area contributed by atoms with Crippen LogP contribution in [0.3, 0.4) is 0 Å². The summed E-state index contributed by atoms with van der Waals surface area (Å²) >= 11 is 0. The summed E-state index contributed by atoms with van der Waals surface area (Å²) in [6.07, 6.45) is 0. The lowest BCUT2D eigenvalue weighted by molar-refractivity contribution is -0.120. The number of anilines is 1. The van der Waals surface area contributed by atoms with Gasteiger partial charge in [-0.3, -0.25) is 9.59 Å². The fourth-order valence-corrected chi connectivity index (χ4v) is 4.89. The van der Waals surface area contributed by atoms with Crippen LogP contribution in [0.25, 0.3) is 0 Å². The fraction of sp³-hybridized carbons (Fsp3) is 0.364. The lowest BCUT2D eigenvalue weighted by Gasteiger charge is -2.35. The third-order valence-corrected chi connectivity index (χ3v) is 6.92. The van der Waals surface area contributed by atoms with E-state index in [0.717, 1.165) is 5.69 Å². The molecule has 1 fully saturated rings. The smallest absolute Gasteiger partial charge is 0.251 e. The molecule has 32 heavy (non-hydrogen) atoms. The largest absolute Gasteiger partial charge is 0.369 e. The molecule has 10 heteroatoms. The average molecular weight is 463 g/mol. The van der Waals surface area contributed by atoms with E-state index in [0.29, 0.717) is 13.1 Å². The van der Waals surface area contributed by atoms with Gasteiger partial charge >= 0.3 is 0 Å². The number of benzene rings is 2. The molecule has 1 heterocycles. The molecule has 2 amide bonds. The maximum absolute atomic E-state index is 13.1. The maximum Gasteiger partial charge on any atom is 0.251 e. The lowest BCUT2D eigenvalue weighted by atomic mass is 10.2. The normalized spacial score (nSPS) is 14.9.